The summed E-state index contributed by atoms with van der Waals surface area (Å²) in [6.45, 7) is 0.900. The minimum Gasteiger partial charge on any atom is -0.312 e. The monoisotopic (exact) mass is 505 g/mol. The van der Waals surface area contributed by atoms with Gasteiger partial charge in [0.1, 0.15) is 17.2 Å². The molecule has 1 heterocycles. The second kappa shape index (κ2) is 10.1. The maximum absolute atomic E-state index is 14.3. The van der Waals surface area contributed by atoms with Gasteiger partial charge in [0.15, 0.2) is 5.78 Å². The number of carbonyl (C=O) groups excluding carboxylic acids is 1. The van der Waals surface area contributed by atoms with E-state index < -0.39 is 41.3 Å². The molecule has 168 valence electrons. The van der Waals surface area contributed by atoms with Crippen molar-refractivity contribution in [1.82, 2.24) is 14.5 Å². The number of Topliss-reactive ketones (excluding diaryl/α,β-unsaturated/α-hetero) is 1. The molecule has 0 unspecified atom stereocenters. The Kier molecular flexibility index (Phi) is 7.52. The molecule has 0 aliphatic rings. The van der Waals surface area contributed by atoms with E-state index in [2.05, 4.69) is 21.2 Å². The van der Waals surface area contributed by atoms with Crippen LogP contribution >= 0.6 is 15.9 Å². The zero-order chi connectivity index (χ0) is 23.4. The lowest BCUT2D eigenvalue weighted by atomic mass is 10.1. The first-order chi connectivity index (χ1) is 15.3. The van der Waals surface area contributed by atoms with Crippen molar-refractivity contribution in [1.29, 1.82) is 0 Å². The third-order valence-electron chi connectivity index (χ3n) is 5.38. The van der Waals surface area contributed by atoms with E-state index in [9.17, 15) is 23.2 Å². The zero-order valence-corrected chi connectivity index (χ0v) is 19.2. The SMILES string of the molecule is CN[C@@H](Cn1c(=O)c(C(=O)CBr)c(C)n(Cc2c(F)cccc2F)c1=O)c1ccccc1. The van der Waals surface area contributed by atoms with E-state index in [1.165, 1.54) is 13.0 Å². The molecule has 0 radical (unpaired) electrons. The van der Waals surface area contributed by atoms with Gasteiger partial charge in [-0.15, -0.1) is 0 Å². The number of aromatic nitrogens is 2. The highest BCUT2D eigenvalue weighted by Crippen LogP contribution is 2.16. The van der Waals surface area contributed by atoms with Crippen molar-refractivity contribution in [2.45, 2.75) is 26.1 Å². The lowest BCUT2D eigenvalue weighted by Crippen LogP contribution is -2.46. The van der Waals surface area contributed by atoms with Crippen LogP contribution in [0.5, 0.6) is 0 Å². The summed E-state index contributed by atoms with van der Waals surface area (Å²) in [6, 6.07) is 12.2. The van der Waals surface area contributed by atoms with Gasteiger partial charge in [0.2, 0.25) is 0 Å². The lowest BCUT2D eigenvalue weighted by molar-refractivity contribution is 0.101. The molecule has 6 nitrogen and oxygen atoms in total. The third-order valence-corrected chi connectivity index (χ3v) is 5.89. The predicted molar refractivity (Wildman–Crippen MR) is 122 cm³/mol. The predicted octanol–water partition coefficient (Wildman–Crippen LogP) is 3.18. The van der Waals surface area contributed by atoms with Gasteiger partial charge >= 0.3 is 5.69 Å². The minimum absolute atomic E-state index is 0.0593. The van der Waals surface area contributed by atoms with Gasteiger partial charge in [-0.05, 0) is 31.7 Å². The summed E-state index contributed by atoms with van der Waals surface area (Å²) in [5.41, 5.74) is -1.11. The van der Waals surface area contributed by atoms with E-state index in [0.717, 1.165) is 26.8 Å². The van der Waals surface area contributed by atoms with Gasteiger partial charge < -0.3 is 5.32 Å². The molecule has 32 heavy (non-hydrogen) atoms. The van der Waals surface area contributed by atoms with Crippen molar-refractivity contribution in [3.63, 3.8) is 0 Å². The van der Waals surface area contributed by atoms with Gasteiger partial charge in [-0.25, -0.2) is 13.6 Å². The van der Waals surface area contributed by atoms with Gasteiger partial charge in [0.05, 0.1) is 24.5 Å². The van der Waals surface area contributed by atoms with Crippen molar-refractivity contribution in [2.75, 3.05) is 12.4 Å². The van der Waals surface area contributed by atoms with E-state index in [0.29, 0.717) is 0 Å². The van der Waals surface area contributed by atoms with Crippen molar-refractivity contribution in [3.05, 3.63) is 103 Å². The normalized spacial score (nSPS) is 12.0. The molecule has 3 aromatic rings. The molecule has 1 atom stereocenters. The second-order valence-electron chi connectivity index (χ2n) is 7.25. The van der Waals surface area contributed by atoms with Crippen LogP contribution in [0.4, 0.5) is 8.78 Å². The number of rotatable bonds is 8. The molecule has 9 heteroatoms. The van der Waals surface area contributed by atoms with E-state index in [1.807, 2.05) is 30.3 Å². The molecule has 1 N–H and O–H groups in total. The fourth-order valence-corrected chi connectivity index (χ4v) is 3.89. The number of ketones is 1. The van der Waals surface area contributed by atoms with Crippen molar-refractivity contribution in [2.24, 2.45) is 0 Å². The highest BCUT2D eigenvalue weighted by molar-refractivity contribution is 9.09. The fraction of sp³-hybridized carbons (Fsp3) is 0.261. The molecule has 0 spiro atoms. The van der Waals surface area contributed by atoms with Gasteiger partial charge in [-0.2, -0.15) is 0 Å². The highest BCUT2D eigenvalue weighted by atomic mass is 79.9. The van der Waals surface area contributed by atoms with Crippen LogP contribution in [0, 0.1) is 18.6 Å². The Bertz CT molecular complexity index is 1240. The standard InChI is InChI=1S/C23H22BrF2N3O3/c1-14-21(20(30)11-24)22(31)29(13-19(27-2)15-7-4-3-5-8-15)23(32)28(14)12-16-17(25)9-6-10-18(16)26/h3-10,19,27H,11-13H2,1-2H3/t19-/m0/s1. The summed E-state index contributed by atoms with van der Waals surface area (Å²) in [7, 11) is 1.69. The van der Waals surface area contributed by atoms with Gasteiger partial charge in [-0.3, -0.25) is 18.7 Å². The average molecular weight is 506 g/mol. The lowest BCUT2D eigenvalue weighted by Gasteiger charge is -2.21. The number of hydrogen-bond acceptors (Lipinski definition) is 4. The number of nitrogens with zero attached hydrogens (tertiary/aromatic N) is 2. The molecule has 3 rings (SSSR count). The molecule has 0 amide bonds. The summed E-state index contributed by atoms with van der Waals surface area (Å²) in [4.78, 5) is 39.0. The molecule has 1 aromatic heterocycles. The Hall–Kier alpha value is -2.91. The van der Waals surface area contributed by atoms with Crippen LogP contribution in [0.1, 0.15) is 33.2 Å². The van der Waals surface area contributed by atoms with Crippen LogP contribution in [0.25, 0.3) is 0 Å². The topological polar surface area (TPSA) is 73.1 Å². The molecule has 0 fully saturated rings. The van der Waals surface area contributed by atoms with E-state index in [4.69, 9.17) is 0 Å². The molecule has 0 bridgehead atoms. The molecule has 0 aliphatic heterocycles. The Labute approximate surface area is 191 Å². The quantitative estimate of drug-likeness (QED) is 0.377. The summed E-state index contributed by atoms with van der Waals surface area (Å²) in [5.74, 6) is -2.16. The number of alkyl halides is 1. The zero-order valence-electron chi connectivity index (χ0n) is 17.6. The number of hydrogen-bond donors (Lipinski definition) is 1. The number of carbonyl (C=O) groups is 1. The minimum atomic E-state index is -0.820. The van der Waals surface area contributed by atoms with Crippen molar-refractivity contribution in [3.8, 4) is 0 Å². The number of likely N-dealkylation sites (N-methyl/N-ethyl adjacent to an activating group) is 1. The Morgan fingerprint density at radius 1 is 1.03 bits per heavy atom. The maximum Gasteiger partial charge on any atom is 0.331 e. The van der Waals surface area contributed by atoms with Crippen LogP contribution in [0.2, 0.25) is 0 Å². The van der Waals surface area contributed by atoms with Gasteiger partial charge in [-0.1, -0.05) is 52.3 Å². The number of benzene rings is 2. The van der Waals surface area contributed by atoms with E-state index in [1.54, 1.807) is 7.05 Å². The maximum atomic E-state index is 14.3. The van der Waals surface area contributed by atoms with Crippen LogP contribution in [0.3, 0.4) is 0 Å². The Morgan fingerprint density at radius 2 is 1.66 bits per heavy atom. The Balaban J connectivity index is 2.21. The first kappa shape index (κ1) is 23.7. The van der Waals surface area contributed by atoms with Crippen LogP contribution in [-0.4, -0.2) is 27.3 Å². The smallest absolute Gasteiger partial charge is 0.312 e. The van der Waals surface area contributed by atoms with E-state index >= 15 is 0 Å². The first-order valence-electron chi connectivity index (χ1n) is 9.88. The summed E-state index contributed by atoms with van der Waals surface area (Å²) in [5, 5.41) is 2.93. The molecular weight excluding hydrogens is 484 g/mol. The van der Waals surface area contributed by atoms with Crippen LogP contribution in [-0.2, 0) is 13.1 Å². The number of halogens is 3. The fourth-order valence-electron chi connectivity index (χ4n) is 3.61. The van der Waals surface area contributed by atoms with Gasteiger partial charge in [0, 0.05) is 11.3 Å². The van der Waals surface area contributed by atoms with Crippen molar-refractivity contribution < 1.29 is 13.6 Å². The third kappa shape index (κ3) is 4.63. The van der Waals surface area contributed by atoms with Gasteiger partial charge in [0.25, 0.3) is 5.56 Å². The van der Waals surface area contributed by atoms with Crippen LogP contribution in [0.15, 0.2) is 58.1 Å². The summed E-state index contributed by atoms with van der Waals surface area (Å²) < 4.78 is 30.6. The molecule has 0 saturated carbocycles. The Morgan fingerprint density at radius 3 is 2.22 bits per heavy atom. The average Bonchev–Trinajstić information content (AvgIpc) is 2.79. The van der Waals surface area contributed by atoms with Crippen LogP contribution < -0.4 is 16.6 Å². The van der Waals surface area contributed by atoms with Crippen molar-refractivity contribution >= 4 is 21.7 Å². The highest BCUT2D eigenvalue weighted by Gasteiger charge is 2.24. The van der Waals surface area contributed by atoms with E-state index in [-0.39, 0.29) is 28.7 Å². The first-order valence-corrected chi connectivity index (χ1v) is 11.0. The number of nitrogens with one attached hydrogen (secondary N) is 1. The summed E-state index contributed by atoms with van der Waals surface area (Å²) >= 11 is 3.06. The largest absolute Gasteiger partial charge is 0.331 e. The molecule has 0 aliphatic carbocycles. The summed E-state index contributed by atoms with van der Waals surface area (Å²) in [6.07, 6.45) is 0. The molecule has 2 aromatic carbocycles. The molecular formula is C23H22BrF2N3O3. The second-order valence-corrected chi connectivity index (χ2v) is 7.81. The molecule has 0 saturated heterocycles.